The quantitative estimate of drug-likeness (QED) is 0.900. The number of hydrogen-bond donors (Lipinski definition) is 1. The monoisotopic (exact) mass is 289 g/mol. The van der Waals surface area contributed by atoms with Gasteiger partial charge >= 0.3 is 0 Å². The number of ether oxygens (including phenoxy) is 2. The van der Waals surface area contributed by atoms with Gasteiger partial charge < -0.3 is 14.8 Å². The molecule has 0 radical (unpaired) electrons. The predicted molar refractivity (Wildman–Crippen MR) is 84.7 cm³/mol. The molecule has 1 aliphatic carbocycles. The lowest BCUT2D eigenvalue weighted by molar-refractivity contribution is -0.147. The summed E-state index contributed by atoms with van der Waals surface area (Å²) in [5.74, 6) is 0.928. The number of benzene rings is 1. The molecule has 116 valence electrons. The summed E-state index contributed by atoms with van der Waals surface area (Å²) in [5, 5.41) is 3.59. The van der Waals surface area contributed by atoms with Gasteiger partial charge in [-0.2, -0.15) is 0 Å². The second-order valence-electron chi connectivity index (χ2n) is 7.33. The first-order valence-corrected chi connectivity index (χ1v) is 8.05. The molecule has 3 heteroatoms. The average molecular weight is 289 g/mol. The Labute approximate surface area is 128 Å². The molecule has 1 N–H and O–H groups in total. The van der Waals surface area contributed by atoms with Crippen LogP contribution < -0.4 is 10.1 Å². The molecule has 0 aromatic heterocycles. The fourth-order valence-corrected chi connectivity index (χ4v) is 3.60. The number of nitrogens with one attached hydrogen (secondary N) is 1. The highest BCUT2D eigenvalue weighted by atomic mass is 16.5. The first kappa shape index (κ1) is 14.9. The fourth-order valence-electron chi connectivity index (χ4n) is 3.60. The molecule has 0 amide bonds. The lowest BCUT2D eigenvalue weighted by Crippen LogP contribution is -2.53. The van der Waals surface area contributed by atoms with Crippen molar-refractivity contribution in [2.75, 3.05) is 20.2 Å². The molecule has 2 fully saturated rings. The molecule has 2 aliphatic rings. The Morgan fingerprint density at radius 1 is 1.14 bits per heavy atom. The number of morpholine rings is 1. The van der Waals surface area contributed by atoms with Crippen molar-refractivity contribution in [3.63, 3.8) is 0 Å². The summed E-state index contributed by atoms with van der Waals surface area (Å²) >= 11 is 0. The van der Waals surface area contributed by atoms with Gasteiger partial charge in [-0.1, -0.05) is 32.0 Å². The summed E-state index contributed by atoms with van der Waals surface area (Å²) in [5.41, 5.74) is 1.64. The van der Waals surface area contributed by atoms with E-state index in [0.29, 0.717) is 5.41 Å². The van der Waals surface area contributed by atoms with Gasteiger partial charge in [0.15, 0.2) is 0 Å². The van der Waals surface area contributed by atoms with Gasteiger partial charge in [0.2, 0.25) is 0 Å². The van der Waals surface area contributed by atoms with Crippen LogP contribution in [-0.2, 0) is 4.74 Å². The van der Waals surface area contributed by atoms with E-state index >= 15 is 0 Å². The Morgan fingerprint density at radius 3 is 2.57 bits per heavy atom. The van der Waals surface area contributed by atoms with E-state index in [4.69, 9.17) is 9.47 Å². The van der Waals surface area contributed by atoms with Crippen LogP contribution in [0.1, 0.15) is 51.2 Å². The Morgan fingerprint density at radius 2 is 1.86 bits per heavy atom. The van der Waals surface area contributed by atoms with Gasteiger partial charge in [-0.05, 0) is 37.2 Å². The average Bonchev–Trinajstić information content (AvgIpc) is 2.51. The van der Waals surface area contributed by atoms with Gasteiger partial charge in [0.1, 0.15) is 5.75 Å². The molecule has 3 rings (SSSR count). The number of hydrogen-bond acceptors (Lipinski definition) is 3. The topological polar surface area (TPSA) is 30.5 Å². The van der Waals surface area contributed by atoms with Crippen molar-refractivity contribution < 1.29 is 9.47 Å². The lowest BCUT2D eigenvalue weighted by atomic mass is 9.70. The van der Waals surface area contributed by atoms with Crippen molar-refractivity contribution in [1.82, 2.24) is 5.32 Å². The normalized spacial score (nSPS) is 27.5. The molecule has 1 saturated heterocycles. The largest absolute Gasteiger partial charge is 0.496 e. The van der Waals surface area contributed by atoms with E-state index in [2.05, 4.69) is 31.3 Å². The van der Waals surface area contributed by atoms with Crippen molar-refractivity contribution in [2.24, 2.45) is 5.41 Å². The Bertz CT molecular complexity index is 488. The second kappa shape index (κ2) is 5.62. The van der Waals surface area contributed by atoms with Crippen molar-refractivity contribution in [2.45, 2.75) is 51.2 Å². The zero-order chi connectivity index (χ0) is 14.9. The highest BCUT2D eigenvalue weighted by Crippen LogP contribution is 2.45. The summed E-state index contributed by atoms with van der Waals surface area (Å²) in [4.78, 5) is 0. The molecule has 1 unspecified atom stereocenters. The predicted octanol–water partition coefficient (Wildman–Crippen LogP) is 3.70. The molecule has 1 saturated carbocycles. The molecule has 0 bridgehead atoms. The van der Waals surface area contributed by atoms with E-state index in [9.17, 15) is 0 Å². The molecule has 1 atom stereocenters. The maximum absolute atomic E-state index is 6.59. The third-order valence-corrected chi connectivity index (χ3v) is 5.17. The molecule has 1 aliphatic heterocycles. The molecule has 1 aromatic rings. The van der Waals surface area contributed by atoms with E-state index in [1.165, 1.54) is 12.8 Å². The van der Waals surface area contributed by atoms with E-state index < -0.39 is 0 Å². The van der Waals surface area contributed by atoms with Crippen LogP contribution in [0.2, 0.25) is 0 Å². The van der Waals surface area contributed by atoms with Crippen molar-refractivity contribution in [3.05, 3.63) is 29.8 Å². The minimum Gasteiger partial charge on any atom is -0.496 e. The van der Waals surface area contributed by atoms with E-state index in [1.54, 1.807) is 7.11 Å². The van der Waals surface area contributed by atoms with Gasteiger partial charge in [0.05, 0.1) is 18.8 Å². The summed E-state index contributed by atoms with van der Waals surface area (Å²) in [7, 11) is 1.73. The van der Waals surface area contributed by atoms with Crippen LogP contribution in [0.5, 0.6) is 5.75 Å². The maximum Gasteiger partial charge on any atom is 0.124 e. The van der Waals surface area contributed by atoms with Crippen LogP contribution in [0, 0.1) is 5.41 Å². The van der Waals surface area contributed by atoms with Gasteiger partial charge in [0, 0.05) is 18.7 Å². The highest BCUT2D eigenvalue weighted by molar-refractivity contribution is 5.35. The van der Waals surface area contributed by atoms with Crippen LogP contribution in [0.25, 0.3) is 0 Å². The minimum atomic E-state index is 0.0132. The van der Waals surface area contributed by atoms with Crippen LogP contribution >= 0.6 is 0 Å². The summed E-state index contributed by atoms with van der Waals surface area (Å²) < 4.78 is 12.1. The van der Waals surface area contributed by atoms with Crippen molar-refractivity contribution in [3.8, 4) is 5.75 Å². The Hall–Kier alpha value is -1.06. The number of rotatable bonds is 2. The maximum atomic E-state index is 6.59. The molecule has 21 heavy (non-hydrogen) atoms. The minimum absolute atomic E-state index is 0.0132. The first-order chi connectivity index (χ1) is 10.0. The van der Waals surface area contributed by atoms with Crippen LogP contribution in [0.3, 0.4) is 0 Å². The van der Waals surface area contributed by atoms with Gasteiger partial charge in [-0.25, -0.2) is 0 Å². The highest BCUT2D eigenvalue weighted by Gasteiger charge is 2.43. The smallest absolute Gasteiger partial charge is 0.124 e. The molecule has 3 nitrogen and oxygen atoms in total. The standard InChI is InChI=1S/C18H27NO2/c1-17(2)8-10-18(11-9-17)13-19-12-16(21-18)14-6-4-5-7-15(14)20-3/h4-7,16,19H,8-13H2,1-3H3. The summed E-state index contributed by atoms with van der Waals surface area (Å²) in [6.45, 7) is 6.59. The third kappa shape index (κ3) is 3.09. The Balaban J connectivity index is 1.77. The number of methoxy groups -OCH3 is 1. The zero-order valence-electron chi connectivity index (χ0n) is 13.4. The molecule has 1 spiro atoms. The molecule has 1 heterocycles. The van der Waals surface area contributed by atoms with Crippen molar-refractivity contribution >= 4 is 0 Å². The van der Waals surface area contributed by atoms with E-state index in [0.717, 1.165) is 37.2 Å². The second-order valence-corrected chi connectivity index (χ2v) is 7.33. The molecular weight excluding hydrogens is 262 g/mol. The number of para-hydroxylation sites is 1. The Kier molecular flexibility index (Phi) is 3.98. The SMILES string of the molecule is COc1ccccc1C1CNCC2(CCC(C)(C)CC2)O1. The van der Waals surface area contributed by atoms with Crippen molar-refractivity contribution in [1.29, 1.82) is 0 Å². The van der Waals surface area contributed by atoms with Crippen LogP contribution in [-0.4, -0.2) is 25.8 Å². The van der Waals surface area contributed by atoms with Gasteiger partial charge in [-0.15, -0.1) is 0 Å². The van der Waals surface area contributed by atoms with E-state index in [-0.39, 0.29) is 11.7 Å². The summed E-state index contributed by atoms with van der Waals surface area (Å²) in [6, 6.07) is 8.21. The molecule has 1 aromatic carbocycles. The molecular formula is C18H27NO2. The van der Waals surface area contributed by atoms with Crippen LogP contribution in [0.15, 0.2) is 24.3 Å². The lowest BCUT2D eigenvalue weighted by Gasteiger charge is -2.48. The van der Waals surface area contributed by atoms with Gasteiger partial charge in [0.25, 0.3) is 0 Å². The fraction of sp³-hybridized carbons (Fsp3) is 0.667. The first-order valence-electron chi connectivity index (χ1n) is 8.05. The van der Waals surface area contributed by atoms with Crippen LogP contribution in [0.4, 0.5) is 0 Å². The zero-order valence-corrected chi connectivity index (χ0v) is 13.4. The van der Waals surface area contributed by atoms with Gasteiger partial charge in [-0.3, -0.25) is 0 Å². The van der Waals surface area contributed by atoms with E-state index in [1.807, 2.05) is 12.1 Å². The third-order valence-electron chi connectivity index (χ3n) is 5.17. The summed E-state index contributed by atoms with van der Waals surface area (Å²) in [6.07, 6.45) is 4.88.